The number of hydrogen-bond donors (Lipinski definition) is 0. The third-order valence-corrected chi connectivity index (χ3v) is 8.36. The fourth-order valence-corrected chi connectivity index (χ4v) is 6.70. The van der Waals surface area contributed by atoms with Crippen LogP contribution in [0, 0.1) is 22.7 Å². The highest BCUT2D eigenvalue weighted by molar-refractivity contribution is 8.09. The number of carbonyl (C=O) groups excluding carboxylic acids is 2. The molecule has 2 aliphatic rings. The fraction of sp³-hybridized carbons (Fsp3) is 0.103. The van der Waals surface area contributed by atoms with Crippen molar-refractivity contribution in [3.8, 4) is 23.3 Å². The minimum Gasteiger partial charge on any atom is -0.302 e. The van der Waals surface area contributed by atoms with E-state index in [4.69, 9.17) is 11.6 Å². The van der Waals surface area contributed by atoms with Gasteiger partial charge in [-0.3, -0.25) is 14.8 Å². The van der Waals surface area contributed by atoms with Crippen molar-refractivity contribution in [1.29, 1.82) is 10.5 Å². The summed E-state index contributed by atoms with van der Waals surface area (Å²) in [7, 11) is 0. The van der Waals surface area contributed by atoms with E-state index in [1.165, 1.54) is 29.1 Å². The first-order chi connectivity index (χ1) is 19.0. The van der Waals surface area contributed by atoms with Crippen LogP contribution in [0.1, 0.15) is 11.1 Å². The van der Waals surface area contributed by atoms with Crippen molar-refractivity contribution >= 4 is 56.7 Å². The van der Waals surface area contributed by atoms with Crippen molar-refractivity contribution in [2.45, 2.75) is 11.3 Å². The third kappa shape index (κ3) is 4.09. The van der Waals surface area contributed by atoms with E-state index in [1.54, 1.807) is 30.6 Å². The molecule has 0 radical (unpaired) electrons. The van der Waals surface area contributed by atoms with Crippen molar-refractivity contribution in [3.63, 3.8) is 0 Å². The molecule has 0 bridgehead atoms. The number of amides is 3. The second kappa shape index (κ2) is 9.88. The molecule has 0 saturated carbocycles. The lowest BCUT2D eigenvalue weighted by atomic mass is 9.98. The summed E-state index contributed by atoms with van der Waals surface area (Å²) < 4.78 is 0. The number of aromatic nitrogens is 2. The number of benzene rings is 2. The molecular formula is C29H17ClN6O2S. The Morgan fingerprint density at radius 1 is 1.00 bits per heavy atom. The maximum absolute atomic E-state index is 13.9. The van der Waals surface area contributed by atoms with Gasteiger partial charge in [-0.05, 0) is 23.8 Å². The normalized spacial score (nSPS) is 18.5. The van der Waals surface area contributed by atoms with Crippen molar-refractivity contribution < 1.29 is 9.59 Å². The van der Waals surface area contributed by atoms with E-state index in [2.05, 4.69) is 22.1 Å². The molecule has 0 N–H and O–H groups in total. The minimum atomic E-state index is -0.697. The molecule has 4 heterocycles. The van der Waals surface area contributed by atoms with Gasteiger partial charge in [-0.25, -0.2) is 9.69 Å². The number of nitrogens with zero attached hydrogens (tertiary/aromatic N) is 6. The summed E-state index contributed by atoms with van der Waals surface area (Å²) in [5, 5.41) is 20.2. The highest BCUT2D eigenvalue weighted by Gasteiger charge is 2.50. The number of fused-ring (bicyclic) bond motifs is 2. The van der Waals surface area contributed by atoms with Crippen LogP contribution in [0.4, 0.5) is 10.5 Å². The zero-order valence-corrected chi connectivity index (χ0v) is 21.7. The average molecular weight is 549 g/mol. The molecule has 2 aliphatic heterocycles. The predicted octanol–water partition coefficient (Wildman–Crippen LogP) is 5.64. The van der Waals surface area contributed by atoms with Gasteiger partial charge in [0.1, 0.15) is 17.9 Å². The van der Waals surface area contributed by atoms with Crippen LogP contribution in [0.3, 0.4) is 0 Å². The molecule has 1 saturated heterocycles. The SMILES string of the molecule is N#CCN1C(=O)N(c2cncc3ccccc23)C(=O)C2SC(c3c(Cl)cccc3-c3cncc(C#N)c3)=CC21. The number of rotatable bonds is 4. The van der Waals surface area contributed by atoms with E-state index in [0.717, 1.165) is 15.8 Å². The van der Waals surface area contributed by atoms with Gasteiger partial charge >= 0.3 is 6.03 Å². The fourth-order valence-electron chi connectivity index (χ4n) is 4.97. The van der Waals surface area contributed by atoms with E-state index < -0.39 is 23.2 Å². The van der Waals surface area contributed by atoms with Gasteiger partial charge in [0.15, 0.2) is 0 Å². The molecule has 8 nitrogen and oxygen atoms in total. The molecule has 2 unspecified atom stereocenters. The number of halogens is 1. The molecule has 4 aromatic rings. The molecule has 2 atom stereocenters. The second-order valence-electron chi connectivity index (χ2n) is 8.92. The summed E-state index contributed by atoms with van der Waals surface area (Å²) in [6, 6.07) is 17.5. The summed E-state index contributed by atoms with van der Waals surface area (Å²) >= 11 is 8.01. The van der Waals surface area contributed by atoms with Gasteiger partial charge in [0, 0.05) is 50.4 Å². The van der Waals surface area contributed by atoms with E-state index in [9.17, 15) is 20.1 Å². The summed E-state index contributed by atoms with van der Waals surface area (Å²) in [6.07, 6.45) is 8.13. The van der Waals surface area contributed by atoms with Crippen molar-refractivity contribution in [2.24, 2.45) is 0 Å². The monoisotopic (exact) mass is 548 g/mol. The molecule has 6 rings (SSSR count). The highest BCUT2D eigenvalue weighted by atomic mass is 35.5. The standard InChI is InChI=1S/C29H17ClN6O2S/c30-22-7-3-6-21(19-10-17(12-32)13-33-15-19)26(22)25-11-23-27(39-25)28(37)36(29(38)35(23)9-8-31)24-16-34-14-18-4-1-2-5-20(18)24/h1-7,10-11,13-16,23,27H,9H2. The van der Waals surface area contributed by atoms with E-state index >= 15 is 0 Å². The van der Waals surface area contributed by atoms with Crippen LogP contribution in [0.5, 0.6) is 0 Å². The average Bonchev–Trinajstić information content (AvgIpc) is 3.40. The van der Waals surface area contributed by atoms with Crippen LogP contribution in [0.15, 0.2) is 79.4 Å². The Bertz CT molecular complexity index is 1790. The van der Waals surface area contributed by atoms with Gasteiger partial charge in [0.25, 0.3) is 5.91 Å². The Hall–Kier alpha value is -4.70. The Kier molecular flexibility index (Phi) is 6.24. The smallest absolute Gasteiger partial charge is 0.302 e. The highest BCUT2D eigenvalue weighted by Crippen LogP contribution is 2.49. The Labute approximate surface area is 232 Å². The number of thioether (sulfide) groups is 1. The largest absolute Gasteiger partial charge is 0.332 e. The first kappa shape index (κ1) is 24.6. The minimum absolute atomic E-state index is 0.199. The lowest BCUT2D eigenvalue weighted by Gasteiger charge is -2.40. The summed E-state index contributed by atoms with van der Waals surface area (Å²) in [6.45, 7) is -0.199. The molecule has 39 heavy (non-hydrogen) atoms. The van der Waals surface area contributed by atoms with E-state index in [-0.39, 0.29) is 6.54 Å². The summed E-state index contributed by atoms with van der Waals surface area (Å²) in [5.41, 5.74) is 2.88. The molecule has 2 aromatic heterocycles. The third-order valence-electron chi connectivity index (χ3n) is 6.71. The second-order valence-corrected chi connectivity index (χ2v) is 10.5. The van der Waals surface area contributed by atoms with Crippen LogP contribution in [-0.2, 0) is 4.79 Å². The Morgan fingerprint density at radius 3 is 2.64 bits per heavy atom. The van der Waals surface area contributed by atoms with Crippen LogP contribution in [-0.4, -0.2) is 44.6 Å². The number of anilines is 1. The summed E-state index contributed by atoms with van der Waals surface area (Å²) in [4.78, 5) is 39.3. The number of imide groups is 1. The number of hydrogen-bond acceptors (Lipinski definition) is 7. The van der Waals surface area contributed by atoms with Crippen LogP contribution >= 0.6 is 23.4 Å². The molecular weight excluding hydrogens is 532 g/mol. The zero-order valence-electron chi connectivity index (χ0n) is 20.2. The molecule has 3 amide bonds. The topological polar surface area (TPSA) is 114 Å². The molecule has 188 valence electrons. The van der Waals surface area contributed by atoms with Gasteiger partial charge in [0.2, 0.25) is 0 Å². The van der Waals surface area contributed by atoms with Gasteiger partial charge < -0.3 is 4.90 Å². The van der Waals surface area contributed by atoms with Gasteiger partial charge in [-0.2, -0.15) is 10.5 Å². The zero-order chi connectivity index (χ0) is 27.1. The van der Waals surface area contributed by atoms with E-state index in [0.29, 0.717) is 37.7 Å². The van der Waals surface area contributed by atoms with Crippen molar-refractivity contribution in [1.82, 2.24) is 14.9 Å². The predicted molar refractivity (Wildman–Crippen MR) is 149 cm³/mol. The van der Waals surface area contributed by atoms with Crippen LogP contribution in [0.2, 0.25) is 5.02 Å². The van der Waals surface area contributed by atoms with Gasteiger partial charge in [-0.15, -0.1) is 11.8 Å². The van der Waals surface area contributed by atoms with Gasteiger partial charge in [-0.1, -0.05) is 48.0 Å². The van der Waals surface area contributed by atoms with Crippen LogP contribution < -0.4 is 4.90 Å². The van der Waals surface area contributed by atoms with Crippen molar-refractivity contribution in [3.05, 3.63) is 95.5 Å². The quantitative estimate of drug-likeness (QED) is 0.303. The lowest BCUT2D eigenvalue weighted by molar-refractivity contribution is -0.119. The van der Waals surface area contributed by atoms with Crippen LogP contribution in [0.25, 0.3) is 26.8 Å². The molecule has 0 spiro atoms. The van der Waals surface area contributed by atoms with Crippen molar-refractivity contribution in [2.75, 3.05) is 11.4 Å². The summed E-state index contributed by atoms with van der Waals surface area (Å²) in [5.74, 6) is -0.393. The molecule has 0 aliphatic carbocycles. The maximum atomic E-state index is 13.9. The molecule has 1 fully saturated rings. The first-order valence-corrected chi connectivity index (χ1v) is 13.1. The van der Waals surface area contributed by atoms with Gasteiger partial charge in [0.05, 0.1) is 29.6 Å². The number of carbonyl (C=O) groups is 2. The molecule has 2 aromatic carbocycles. The number of pyridine rings is 2. The van der Waals surface area contributed by atoms with E-state index in [1.807, 2.05) is 36.4 Å². The first-order valence-electron chi connectivity index (χ1n) is 11.9. The number of urea groups is 1. The Morgan fingerprint density at radius 2 is 1.82 bits per heavy atom. The number of nitriles is 2. The molecule has 10 heteroatoms. The maximum Gasteiger partial charge on any atom is 0.332 e. The lowest BCUT2D eigenvalue weighted by Crippen LogP contribution is -2.62. The Balaban J connectivity index is 1.45.